The maximum atomic E-state index is 11.5. The van der Waals surface area contributed by atoms with E-state index < -0.39 is 24.5 Å². The molecule has 1 rings (SSSR count). The molecule has 2 unspecified atom stereocenters. The van der Waals surface area contributed by atoms with Crippen molar-refractivity contribution in [1.82, 2.24) is 16.0 Å². The minimum atomic E-state index is -1.12. The lowest BCUT2D eigenvalue weighted by Gasteiger charge is -2.13. The number of nitrogens with one attached hydrogen (secondary N) is 3. The summed E-state index contributed by atoms with van der Waals surface area (Å²) in [5.41, 5.74) is 0. The molecule has 108 valence electrons. The highest BCUT2D eigenvalue weighted by molar-refractivity contribution is 7.99. The molecule has 4 N–H and O–H groups in total. The highest BCUT2D eigenvalue weighted by atomic mass is 32.2. The van der Waals surface area contributed by atoms with Crippen LogP contribution in [0.5, 0.6) is 0 Å². The lowest BCUT2D eigenvalue weighted by molar-refractivity contribution is -0.137. The molecule has 7 nitrogen and oxygen atoms in total. The van der Waals surface area contributed by atoms with E-state index in [0.29, 0.717) is 5.25 Å². The second kappa shape index (κ2) is 7.88. The van der Waals surface area contributed by atoms with E-state index in [0.717, 1.165) is 19.3 Å². The molecule has 1 fully saturated rings. The van der Waals surface area contributed by atoms with E-state index in [1.54, 1.807) is 11.8 Å². The van der Waals surface area contributed by atoms with Crippen molar-refractivity contribution in [2.75, 3.05) is 19.3 Å². The fourth-order valence-electron chi connectivity index (χ4n) is 1.92. The molecule has 0 heterocycles. The van der Waals surface area contributed by atoms with Crippen LogP contribution < -0.4 is 16.0 Å². The Balaban J connectivity index is 2.14. The SMILES string of the molecule is CSC1CCC(NC(=O)NCC(=O)NCC(=O)O)C1. The van der Waals surface area contributed by atoms with Gasteiger partial charge in [-0.25, -0.2) is 4.79 Å². The van der Waals surface area contributed by atoms with E-state index in [1.165, 1.54) is 0 Å². The fourth-order valence-corrected chi connectivity index (χ4v) is 2.72. The van der Waals surface area contributed by atoms with Crippen LogP contribution in [-0.2, 0) is 9.59 Å². The minimum absolute atomic E-state index is 0.152. The molecule has 0 bridgehead atoms. The van der Waals surface area contributed by atoms with Crippen LogP contribution in [0.1, 0.15) is 19.3 Å². The van der Waals surface area contributed by atoms with Gasteiger partial charge in [-0.2, -0.15) is 11.8 Å². The van der Waals surface area contributed by atoms with Gasteiger partial charge in [0.1, 0.15) is 6.54 Å². The Hall–Kier alpha value is -1.44. The quantitative estimate of drug-likeness (QED) is 0.540. The number of hydrogen-bond donors (Lipinski definition) is 4. The van der Waals surface area contributed by atoms with Gasteiger partial charge in [0, 0.05) is 11.3 Å². The Morgan fingerprint density at radius 3 is 2.53 bits per heavy atom. The summed E-state index contributed by atoms with van der Waals surface area (Å²) in [6.45, 7) is -0.669. The number of amides is 3. The van der Waals surface area contributed by atoms with Gasteiger partial charge in [0.15, 0.2) is 0 Å². The first-order valence-electron chi connectivity index (χ1n) is 6.07. The van der Waals surface area contributed by atoms with Gasteiger partial charge in [0.2, 0.25) is 5.91 Å². The van der Waals surface area contributed by atoms with Gasteiger partial charge in [0.05, 0.1) is 6.54 Å². The Labute approximate surface area is 115 Å². The number of urea groups is 1. The summed E-state index contributed by atoms with van der Waals surface area (Å²) < 4.78 is 0. The number of rotatable bonds is 6. The molecule has 8 heteroatoms. The zero-order valence-electron chi connectivity index (χ0n) is 10.8. The Morgan fingerprint density at radius 1 is 1.21 bits per heavy atom. The van der Waals surface area contributed by atoms with Crippen LogP contribution in [0.4, 0.5) is 4.79 Å². The molecule has 19 heavy (non-hydrogen) atoms. The van der Waals surface area contributed by atoms with Gasteiger partial charge in [0.25, 0.3) is 0 Å². The van der Waals surface area contributed by atoms with Gasteiger partial charge in [-0.05, 0) is 25.5 Å². The molecule has 1 aliphatic rings. The summed E-state index contributed by atoms with van der Waals surface area (Å²) in [7, 11) is 0. The standard InChI is InChI=1S/C11H19N3O4S/c1-19-8-3-2-7(4-8)14-11(18)13-5-9(15)12-6-10(16)17/h7-8H,2-6H2,1H3,(H,12,15)(H,16,17)(H2,13,14,18). The molecule has 1 aliphatic carbocycles. The van der Waals surface area contributed by atoms with E-state index in [2.05, 4.69) is 22.2 Å². The summed E-state index contributed by atoms with van der Waals surface area (Å²) in [6, 6.07) is -0.239. The largest absolute Gasteiger partial charge is 0.480 e. The highest BCUT2D eigenvalue weighted by Gasteiger charge is 2.25. The van der Waals surface area contributed by atoms with Gasteiger partial charge in [-0.1, -0.05) is 0 Å². The third-order valence-corrected chi connectivity index (χ3v) is 3.99. The molecule has 0 aromatic rings. The van der Waals surface area contributed by atoms with E-state index in [1.807, 2.05) is 0 Å². The summed E-state index contributed by atoms with van der Waals surface area (Å²) in [5.74, 6) is -1.64. The molecule has 3 amide bonds. The topological polar surface area (TPSA) is 108 Å². The van der Waals surface area contributed by atoms with Crippen LogP contribution in [0.15, 0.2) is 0 Å². The lowest BCUT2D eigenvalue weighted by Crippen LogP contribution is -2.45. The smallest absolute Gasteiger partial charge is 0.322 e. The lowest BCUT2D eigenvalue weighted by atomic mass is 10.2. The zero-order chi connectivity index (χ0) is 14.3. The van der Waals surface area contributed by atoms with Crippen molar-refractivity contribution in [3.8, 4) is 0 Å². The number of aliphatic carboxylic acids is 1. The molecular weight excluding hydrogens is 270 g/mol. The number of carboxylic acids is 1. The molecule has 0 radical (unpaired) electrons. The van der Waals surface area contributed by atoms with Gasteiger partial charge >= 0.3 is 12.0 Å². The van der Waals surface area contributed by atoms with E-state index in [-0.39, 0.29) is 12.6 Å². The summed E-state index contributed by atoms with van der Waals surface area (Å²) >= 11 is 1.80. The molecule has 0 aliphatic heterocycles. The highest BCUT2D eigenvalue weighted by Crippen LogP contribution is 2.27. The molecule has 0 aromatic carbocycles. The van der Waals surface area contributed by atoms with Crippen LogP contribution in [-0.4, -0.2) is 53.7 Å². The molecule has 0 aromatic heterocycles. The molecule has 2 atom stereocenters. The second-order valence-electron chi connectivity index (χ2n) is 4.37. The fraction of sp³-hybridized carbons (Fsp3) is 0.727. The van der Waals surface area contributed by atoms with Crippen molar-refractivity contribution in [3.05, 3.63) is 0 Å². The number of hydrogen-bond acceptors (Lipinski definition) is 4. The van der Waals surface area contributed by atoms with Crippen molar-refractivity contribution in [3.63, 3.8) is 0 Å². The predicted molar refractivity (Wildman–Crippen MR) is 72.1 cm³/mol. The monoisotopic (exact) mass is 289 g/mol. The first kappa shape index (κ1) is 15.6. The zero-order valence-corrected chi connectivity index (χ0v) is 11.6. The average molecular weight is 289 g/mol. The van der Waals surface area contributed by atoms with E-state index >= 15 is 0 Å². The molecule has 0 saturated heterocycles. The average Bonchev–Trinajstić information content (AvgIpc) is 2.81. The minimum Gasteiger partial charge on any atom is -0.480 e. The predicted octanol–water partition coefficient (Wildman–Crippen LogP) is -0.229. The Morgan fingerprint density at radius 2 is 1.95 bits per heavy atom. The van der Waals surface area contributed by atoms with Crippen molar-refractivity contribution in [1.29, 1.82) is 0 Å². The summed E-state index contributed by atoms with van der Waals surface area (Å²) in [5, 5.41) is 16.3. The van der Waals surface area contributed by atoms with Crippen LogP contribution >= 0.6 is 11.8 Å². The van der Waals surface area contributed by atoms with Gasteiger partial charge in [-0.3, -0.25) is 9.59 Å². The van der Waals surface area contributed by atoms with Crippen LogP contribution in [0.25, 0.3) is 0 Å². The van der Waals surface area contributed by atoms with Crippen molar-refractivity contribution >= 4 is 29.7 Å². The summed E-state index contributed by atoms with van der Waals surface area (Å²) in [6.07, 6.45) is 5.04. The maximum Gasteiger partial charge on any atom is 0.322 e. The number of carboxylic acid groups (broad SMARTS) is 1. The number of thioether (sulfide) groups is 1. The molecule has 1 saturated carbocycles. The molecule has 0 spiro atoms. The maximum absolute atomic E-state index is 11.5. The first-order chi connectivity index (χ1) is 9.01. The Bertz CT molecular complexity index is 351. The van der Waals surface area contributed by atoms with Gasteiger partial charge in [-0.15, -0.1) is 0 Å². The van der Waals surface area contributed by atoms with Crippen LogP contribution in [0.3, 0.4) is 0 Å². The van der Waals surface area contributed by atoms with Gasteiger partial charge < -0.3 is 21.1 Å². The number of carbonyl (C=O) groups excluding carboxylic acids is 2. The van der Waals surface area contributed by atoms with E-state index in [4.69, 9.17) is 5.11 Å². The summed E-state index contributed by atoms with van der Waals surface area (Å²) in [4.78, 5) is 32.9. The second-order valence-corrected chi connectivity index (χ2v) is 5.50. The van der Waals surface area contributed by atoms with Crippen LogP contribution in [0.2, 0.25) is 0 Å². The Kier molecular flexibility index (Phi) is 6.48. The first-order valence-corrected chi connectivity index (χ1v) is 7.35. The third kappa shape index (κ3) is 6.32. The number of carbonyl (C=O) groups is 3. The molecular formula is C11H19N3O4S. The van der Waals surface area contributed by atoms with E-state index in [9.17, 15) is 14.4 Å². The van der Waals surface area contributed by atoms with Crippen molar-refractivity contribution in [2.45, 2.75) is 30.6 Å². The normalized spacial score (nSPS) is 21.7. The van der Waals surface area contributed by atoms with Crippen molar-refractivity contribution < 1.29 is 19.5 Å². The van der Waals surface area contributed by atoms with Crippen LogP contribution in [0, 0.1) is 0 Å². The third-order valence-electron chi connectivity index (χ3n) is 2.90. The van der Waals surface area contributed by atoms with Crippen molar-refractivity contribution in [2.24, 2.45) is 0 Å².